The van der Waals surface area contributed by atoms with Crippen LogP contribution in [0.15, 0.2) is 11.8 Å². The van der Waals surface area contributed by atoms with Crippen molar-refractivity contribution in [1.29, 1.82) is 0 Å². The predicted molar refractivity (Wildman–Crippen MR) is 53.0 cm³/mol. The topological polar surface area (TPSA) is 83.9 Å². The molecule has 18 heavy (non-hydrogen) atoms. The molecule has 0 saturated heterocycles. The van der Waals surface area contributed by atoms with E-state index in [0.29, 0.717) is 0 Å². The highest BCUT2D eigenvalue weighted by Gasteiger charge is 2.48. The average molecular weight is 289 g/mol. The van der Waals surface area contributed by atoms with E-state index in [2.05, 4.69) is 4.18 Å². The van der Waals surface area contributed by atoms with Gasteiger partial charge in [0.25, 0.3) is 0 Å². The van der Waals surface area contributed by atoms with Crippen LogP contribution in [0, 0.1) is 0 Å². The van der Waals surface area contributed by atoms with Gasteiger partial charge in [-0.2, -0.15) is 21.6 Å². The summed E-state index contributed by atoms with van der Waals surface area (Å²) in [6, 6.07) is 0. The number of amides is 1. The first-order valence-electron chi connectivity index (χ1n) is 4.81. The van der Waals surface area contributed by atoms with Crippen molar-refractivity contribution in [2.45, 2.75) is 18.3 Å². The lowest BCUT2D eigenvalue weighted by atomic mass is 10.3. The van der Waals surface area contributed by atoms with Gasteiger partial charge in [-0.15, -0.1) is 0 Å². The van der Waals surface area contributed by atoms with Crippen LogP contribution in [0.25, 0.3) is 0 Å². The second-order valence-corrected chi connectivity index (χ2v) is 5.02. The quantitative estimate of drug-likeness (QED) is 0.615. The molecule has 0 aromatic carbocycles. The predicted octanol–water partition coefficient (Wildman–Crippen LogP) is 1.51. The molecular formula is C8H10F3NO5S. The molecule has 1 amide bonds. The molecule has 0 unspecified atom stereocenters. The normalized spacial score (nSPS) is 17.9. The molecule has 1 N–H and O–H groups in total. The highest BCUT2D eigenvalue weighted by Crippen LogP contribution is 2.28. The molecule has 0 aromatic heterocycles. The van der Waals surface area contributed by atoms with Crippen LogP contribution in [0.2, 0.25) is 0 Å². The monoisotopic (exact) mass is 289 g/mol. The summed E-state index contributed by atoms with van der Waals surface area (Å²) in [5.41, 5.74) is -5.49. The molecule has 10 heteroatoms. The zero-order valence-electron chi connectivity index (χ0n) is 8.98. The maximum Gasteiger partial charge on any atom is 0.534 e. The van der Waals surface area contributed by atoms with Crippen LogP contribution < -0.4 is 0 Å². The van der Waals surface area contributed by atoms with Gasteiger partial charge in [-0.3, -0.25) is 0 Å². The molecule has 1 heterocycles. The van der Waals surface area contributed by atoms with Crippen molar-refractivity contribution in [1.82, 2.24) is 4.90 Å². The Kier molecular flexibility index (Phi) is 4.09. The van der Waals surface area contributed by atoms with E-state index in [0.717, 1.165) is 11.0 Å². The third-order valence-electron chi connectivity index (χ3n) is 2.16. The van der Waals surface area contributed by atoms with Crippen molar-refractivity contribution < 1.29 is 35.7 Å². The zero-order valence-corrected chi connectivity index (χ0v) is 9.79. The van der Waals surface area contributed by atoms with Gasteiger partial charge in [-0.25, -0.2) is 4.79 Å². The van der Waals surface area contributed by atoms with Crippen molar-refractivity contribution in [3.63, 3.8) is 0 Å². The number of carbonyl (C=O) groups is 1. The number of rotatable bonds is 2. The van der Waals surface area contributed by atoms with Gasteiger partial charge < -0.3 is 14.2 Å². The second kappa shape index (κ2) is 5.04. The summed E-state index contributed by atoms with van der Waals surface area (Å²) in [6.45, 7) is -0.108. The van der Waals surface area contributed by atoms with Gasteiger partial charge in [0.05, 0.1) is 0 Å². The Hall–Kier alpha value is -1.45. The lowest BCUT2D eigenvalue weighted by molar-refractivity contribution is -0.0523. The maximum absolute atomic E-state index is 12.1. The van der Waals surface area contributed by atoms with E-state index in [-0.39, 0.29) is 25.9 Å². The zero-order chi connectivity index (χ0) is 14.0. The highest BCUT2D eigenvalue weighted by atomic mass is 32.2. The Morgan fingerprint density at radius 3 is 2.56 bits per heavy atom. The van der Waals surface area contributed by atoms with Gasteiger partial charge in [0.2, 0.25) is 0 Å². The van der Waals surface area contributed by atoms with Crippen LogP contribution in [0.1, 0.15) is 12.8 Å². The number of hydrogen-bond donors (Lipinski definition) is 1. The number of nitrogens with zero attached hydrogens (tertiary/aromatic N) is 1. The van der Waals surface area contributed by atoms with Crippen molar-refractivity contribution in [3.8, 4) is 0 Å². The molecule has 0 spiro atoms. The summed E-state index contributed by atoms with van der Waals surface area (Å²) in [6.07, 6.45) is -0.0965. The summed E-state index contributed by atoms with van der Waals surface area (Å²) in [7, 11) is -5.69. The number of carboxylic acid groups (broad SMARTS) is 1. The van der Waals surface area contributed by atoms with Crippen LogP contribution in [0.4, 0.5) is 18.0 Å². The standard InChI is InChI=1S/C8H10F3NO5S/c9-8(10,11)18(15,16)17-6-2-1-4-12(5-3-6)7(13)14/h3H,1-2,4-5H2,(H,13,14). The molecule has 1 aliphatic rings. The third-order valence-corrected chi connectivity index (χ3v) is 3.16. The SMILES string of the molecule is O=C(O)N1CC=C(OS(=O)(=O)C(F)(F)F)CCC1. The molecule has 0 fully saturated rings. The Morgan fingerprint density at radius 1 is 1.44 bits per heavy atom. The number of hydrogen-bond acceptors (Lipinski definition) is 4. The molecule has 6 nitrogen and oxygen atoms in total. The van der Waals surface area contributed by atoms with E-state index in [9.17, 15) is 26.4 Å². The lowest BCUT2D eigenvalue weighted by Gasteiger charge is -2.13. The van der Waals surface area contributed by atoms with E-state index < -0.39 is 27.5 Å². The average Bonchev–Trinajstić information content (AvgIpc) is 2.40. The van der Waals surface area contributed by atoms with Crippen LogP contribution in [-0.2, 0) is 14.3 Å². The van der Waals surface area contributed by atoms with Crippen molar-refractivity contribution in [2.75, 3.05) is 13.1 Å². The van der Waals surface area contributed by atoms with Crippen molar-refractivity contribution >= 4 is 16.2 Å². The minimum absolute atomic E-state index is 0.0703. The van der Waals surface area contributed by atoms with Crippen LogP contribution in [0.5, 0.6) is 0 Å². The second-order valence-electron chi connectivity index (χ2n) is 3.49. The van der Waals surface area contributed by atoms with Gasteiger partial charge in [-0.05, 0) is 12.5 Å². The highest BCUT2D eigenvalue weighted by molar-refractivity contribution is 7.87. The maximum atomic E-state index is 12.1. The van der Waals surface area contributed by atoms with Gasteiger partial charge in [0.1, 0.15) is 5.76 Å². The van der Waals surface area contributed by atoms with Crippen molar-refractivity contribution in [3.05, 3.63) is 11.8 Å². The van der Waals surface area contributed by atoms with E-state index >= 15 is 0 Å². The first-order valence-corrected chi connectivity index (χ1v) is 6.22. The molecule has 1 rings (SSSR count). The van der Waals surface area contributed by atoms with Gasteiger partial charge in [-0.1, -0.05) is 0 Å². The fourth-order valence-corrected chi connectivity index (χ4v) is 1.81. The molecule has 0 atom stereocenters. The summed E-state index contributed by atoms with van der Waals surface area (Å²) in [5.74, 6) is -0.393. The molecular weight excluding hydrogens is 279 g/mol. The molecule has 0 radical (unpaired) electrons. The van der Waals surface area contributed by atoms with Crippen molar-refractivity contribution in [2.24, 2.45) is 0 Å². The number of allylic oxidation sites excluding steroid dienone is 1. The summed E-state index contributed by atoms with van der Waals surface area (Å²) >= 11 is 0. The Morgan fingerprint density at radius 2 is 2.06 bits per heavy atom. The molecule has 104 valence electrons. The van der Waals surface area contributed by atoms with E-state index in [1.54, 1.807) is 0 Å². The Bertz CT molecular complexity index is 456. The van der Waals surface area contributed by atoms with Crippen LogP contribution in [-0.4, -0.2) is 43.1 Å². The third kappa shape index (κ3) is 3.52. The minimum Gasteiger partial charge on any atom is -0.465 e. The van der Waals surface area contributed by atoms with E-state index in [4.69, 9.17) is 5.11 Å². The van der Waals surface area contributed by atoms with Gasteiger partial charge >= 0.3 is 21.7 Å². The molecule has 1 aliphatic heterocycles. The van der Waals surface area contributed by atoms with Crippen LogP contribution in [0.3, 0.4) is 0 Å². The Labute approximate surface area is 101 Å². The fourth-order valence-electron chi connectivity index (χ4n) is 1.29. The molecule has 0 saturated carbocycles. The van der Waals surface area contributed by atoms with Gasteiger partial charge in [0.15, 0.2) is 0 Å². The first kappa shape index (κ1) is 14.6. The minimum atomic E-state index is -5.69. The number of alkyl halides is 3. The van der Waals surface area contributed by atoms with E-state index in [1.807, 2.05) is 0 Å². The summed E-state index contributed by atoms with van der Waals surface area (Å²) in [4.78, 5) is 11.6. The lowest BCUT2D eigenvalue weighted by Crippen LogP contribution is -2.29. The smallest absolute Gasteiger partial charge is 0.465 e. The summed E-state index contributed by atoms with van der Waals surface area (Å²) < 4.78 is 61.6. The molecule has 0 aromatic rings. The van der Waals surface area contributed by atoms with E-state index in [1.165, 1.54) is 0 Å². The largest absolute Gasteiger partial charge is 0.534 e. The van der Waals surface area contributed by atoms with Gasteiger partial charge in [0, 0.05) is 19.5 Å². The first-order chi connectivity index (χ1) is 8.13. The fraction of sp³-hybridized carbons (Fsp3) is 0.625. The van der Waals surface area contributed by atoms with Crippen LogP contribution >= 0.6 is 0 Å². The molecule has 0 aliphatic carbocycles. The summed E-state index contributed by atoms with van der Waals surface area (Å²) in [5, 5.41) is 8.67. The Balaban J connectivity index is 2.77. The molecule has 0 bridgehead atoms. The number of halogens is 3.